The first-order valence-electron chi connectivity index (χ1n) is 7.90. The van der Waals surface area contributed by atoms with Crippen LogP contribution in [0.3, 0.4) is 0 Å². The third kappa shape index (κ3) is 5.40. The number of hydrogen-bond donors (Lipinski definition) is 0. The van der Waals surface area contributed by atoms with E-state index in [-0.39, 0.29) is 24.7 Å². The molecule has 0 unspecified atom stereocenters. The van der Waals surface area contributed by atoms with Crippen molar-refractivity contribution in [3.05, 3.63) is 72.2 Å². The molecule has 0 atom stereocenters. The molecule has 27 heavy (non-hydrogen) atoms. The van der Waals surface area contributed by atoms with Crippen molar-refractivity contribution in [2.75, 3.05) is 5.75 Å². The third-order valence-corrected chi connectivity index (χ3v) is 4.54. The van der Waals surface area contributed by atoms with Crippen LogP contribution in [0.1, 0.15) is 17.1 Å². The van der Waals surface area contributed by atoms with Crippen LogP contribution < -0.4 is 0 Å². The van der Waals surface area contributed by atoms with Gasteiger partial charge in [0.05, 0.1) is 42.0 Å². The Bertz CT molecular complexity index is 811. The standard InChI is InChI=1S/C18H15F3N2O3S/c19-18(20,21)13-5-6-16(22-9-13)27-12-17(24)23(10-14-3-1-7-25-14)11-15-4-2-8-26-15/h1-9H,10-12H2. The Balaban J connectivity index is 1.63. The van der Waals surface area contributed by atoms with Crippen LogP contribution in [0.25, 0.3) is 0 Å². The van der Waals surface area contributed by atoms with Crippen molar-refractivity contribution in [1.29, 1.82) is 0 Å². The van der Waals surface area contributed by atoms with E-state index in [0.29, 0.717) is 16.5 Å². The summed E-state index contributed by atoms with van der Waals surface area (Å²) in [5.41, 5.74) is -0.824. The Morgan fingerprint density at radius 3 is 2.11 bits per heavy atom. The lowest BCUT2D eigenvalue weighted by atomic mass is 10.3. The fourth-order valence-electron chi connectivity index (χ4n) is 2.27. The van der Waals surface area contributed by atoms with Crippen molar-refractivity contribution in [2.24, 2.45) is 0 Å². The van der Waals surface area contributed by atoms with Gasteiger partial charge in [-0.1, -0.05) is 11.8 Å². The number of nitrogens with zero attached hydrogens (tertiary/aromatic N) is 2. The highest BCUT2D eigenvalue weighted by Crippen LogP contribution is 2.29. The largest absolute Gasteiger partial charge is 0.467 e. The number of rotatable bonds is 7. The van der Waals surface area contributed by atoms with Crippen molar-refractivity contribution in [3.8, 4) is 0 Å². The van der Waals surface area contributed by atoms with E-state index in [1.165, 1.54) is 18.6 Å². The number of halogens is 3. The van der Waals surface area contributed by atoms with Gasteiger partial charge < -0.3 is 13.7 Å². The highest BCUT2D eigenvalue weighted by molar-refractivity contribution is 7.99. The number of carbonyl (C=O) groups is 1. The second-order valence-corrected chi connectivity index (χ2v) is 6.58. The molecule has 3 aromatic rings. The van der Waals surface area contributed by atoms with Gasteiger partial charge in [-0.3, -0.25) is 4.79 Å². The van der Waals surface area contributed by atoms with Gasteiger partial charge in [-0.05, 0) is 36.4 Å². The van der Waals surface area contributed by atoms with Crippen molar-refractivity contribution in [2.45, 2.75) is 24.3 Å². The highest BCUT2D eigenvalue weighted by atomic mass is 32.2. The van der Waals surface area contributed by atoms with E-state index in [4.69, 9.17) is 8.83 Å². The Kier molecular flexibility index (Phi) is 5.90. The highest BCUT2D eigenvalue weighted by Gasteiger charge is 2.30. The Morgan fingerprint density at radius 1 is 1.04 bits per heavy atom. The number of thioether (sulfide) groups is 1. The molecule has 0 aliphatic heterocycles. The van der Waals surface area contributed by atoms with Crippen molar-refractivity contribution in [1.82, 2.24) is 9.88 Å². The molecular weight excluding hydrogens is 381 g/mol. The monoisotopic (exact) mass is 396 g/mol. The first-order valence-corrected chi connectivity index (χ1v) is 8.89. The van der Waals surface area contributed by atoms with Crippen LogP contribution in [0.15, 0.2) is 69.0 Å². The molecule has 0 saturated carbocycles. The van der Waals surface area contributed by atoms with E-state index in [0.717, 1.165) is 24.0 Å². The maximum atomic E-state index is 12.6. The summed E-state index contributed by atoms with van der Waals surface area (Å²) in [5, 5.41) is 0.340. The van der Waals surface area contributed by atoms with E-state index < -0.39 is 11.7 Å². The Hall–Kier alpha value is -2.68. The van der Waals surface area contributed by atoms with Crippen LogP contribution in [-0.2, 0) is 24.1 Å². The van der Waals surface area contributed by atoms with Crippen LogP contribution in [0.2, 0.25) is 0 Å². The van der Waals surface area contributed by atoms with Gasteiger partial charge in [0.1, 0.15) is 11.5 Å². The van der Waals surface area contributed by atoms with Gasteiger partial charge in [-0.2, -0.15) is 13.2 Å². The van der Waals surface area contributed by atoms with Crippen molar-refractivity contribution >= 4 is 17.7 Å². The Morgan fingerprint density at radius 2 is 1.67 bits per heavy atom. The predicted octanol–water partition coefficient (Wildman–Crippen LogP) is 4.61. The summed E-state index contributed by atoms with van der Waals surface area (Å²) in [4.78, 5) is 17.9. The first-order chi connectivity index (χ1) is 12.9. The molecule has 5 nitrogen and oxygen atoms in total. The summed E-state index contributed by atoms with van der Waals surface area (Å²) in [7, 11) is 0. The summed E-state index contributed by atoms with van der Waals surface area (Å²) in [6.45, 7) is 0.515. The van der Waals surface area contributed by atoms with E-state index in [1.54, 1.807) is 29.2 Å². The number of aromatic nitrogens is 1. The zero-order chi connectivity index (χ0) is 19.3. The lowest BCUT2D eigenvalue weighted by Crippen LogP contribution is -2.31. The van der Waals surface area contributed by atoms with Crippen LogP contribution >= 0.6 is 11.8 Å². The molecule has 0 radical (unpaired) electrons. The number of carbonyl (C=O) groups excluding carboxylic acids is 1. The van der Waals surface area contributed by atoms with E-state index in [9.17, 15) is 18.0 Å². The zero-order valence-electron chi connectivity index (χ0n) is 14.0. The SMILES string of the molecule is O=C(CSc1ccc(C(F)(F)F)cn1)N(Cc1ccco1)Cc1ccco1. The van der Waals surface area contributed by atoms with Gasteiger partial charge in [0.2, 0.25) is 5.91 Å². The average molecular weight is 396 g/mol. The summed E-state index contributed by atoms with van der Waals surface area (Å²) < 4.78 is 48.3. The average Bonchev–Trinajstić information content (AvgIpc) is 3.33. The second-order valence-electron chi connectivity index (χ2n) is 5.58. The van der Waals surface area contributed by atoms with Gasteiger partial charge in [0.15, 0.2) is 0 Å². The third-order valence-electron chi connectivity index (χ3n) is 3.61. The molecule has 3 rings (SSSR count). The fourth-order valence-corrected chi connectivity index (χ4v) is 3.02. The van der Waals surface area contributed by atoms with Crippen molar-refractivity contribution < 1.29 is 26.8 Å². The topological polar surface area (TPSA) is 59.5 Å². The summed E-state index contributed by atoms with van der Waals surface area (Å²) in [6.07, 6.45) is -0.636. The first kappa shape index (κ1) is 19.1. The number of hydrogen-bond acceptors (Lipinski definition) is 5. The minimum atomic E-state index is -4.44. The molecule has 0 aromatic carbocycles. The molecule has 0 N–H and O–H groups in total. The molecule has 1 amide bonds. The van der Waals surface area contributed by atoms with Crippen LogP contribution in [0.4, 0.5) is 13.2 Å². The molecule has 3 heterocycles. The van der Waals surface area contributed by atoms with E-state index in [1.807, 2.05) is 0 Å². The predicted molar refractivity (Wildman–Crippen MR) is 91.6 cm³/mol. The lowest BCUT2D eigenvalue weighted by Gasteiger charge is -2.20. The number of alkyl halides is 3. The molecule has 142 valence electrons. The van der Waals surface area contributed by atoms with E-state index in [2.05, 4.69) is 4.98 Å². The van der Waals surface area contributed by atoms with Crippen LogP contribution in [-0.4, -0.2) is 21.5 Å². The number of amides is 1. The number of pyridine rings is 1. The normalized spacial score (nSPS) is 11.5. The van der Waals surface area contributed by atoms with Crippen molar-refractivity contribution in [3.63, 3.8) is 0 Å². The molecule has 9 heteroatoms. The maximum absolute atomic E-state index is 12.6. The van der Waals surface area contributed by atoms with Crippen LogP contribution in [0.5, 0.6) is 0 Å². The van der Waals surface area contributed by atoms with Crippen LogP contribution in [0, 0.1) is 0 Å². The molecule has 0 aliphatic rings. The molecule has 3 aromatic heterocycles. The van der Waals surface area contributed by atoms with Gasteiger partial charge in [-0.25, -0.2) is 4.98 Å². The molecular formula is C18H15F3N2O3S. The molecule has 0 bridgehead atoms. The van der Waals surface area contributed by atoms with E-state index >= 15 is 0 Å². The Labute approximate surface area is 157 Å². The molecule has 0 fully saturated rings. The van der Waals surface area contributed by atoms with Gasteiger partial charge in [0.25, 0.3) is 0 Å². The number of furan rings is 2. The maximum Gasteiger partial charge on any atom is 0.417 e. The van der Waals surface area contributed by atoms with Gasteiger partial charge in [-0.15, -0.1) is 0 Å². The summed E-state index contributed by atoms with van der Waals surface area (Å²) >= 11 is 1.07. The van der Waals surface area contributed by atoms with Gasteiger partial charge >= 0.3 is 6.18 Å². The zero-order valence-corrected chi connectivity index (χ0v) is 14.8. The molecule has 0 aliphatic carbocycles. The second kappa shape index (κ2) is 8.34. The minimum absolute atomic E-state index is 0.0276. The minimum Gasteiger partial charge on any atom is -0.467 e. The summed E-state index contributed by atoms with van der Waals surface area (Å²) in [5.74, 6) is 1.05. The quantitative estimate of drug-likeness (QED) is 0.546. The molecule has 0 saturated heterocycles. The summed E-state index contributed by atoms with van der Waals surface area (Å²) in [6, 6.07) is 9.17. The van der Waals surface area contributed by atoms with Gasteiger partial charge in [0, 0.05) is 6.20 Å². The molecule has 0 spiro atoms. The lowest BCUT2D eigenvalue weighted by molar-refractivity contribution is -0.138. The smallest absolute Gasteiger partial charge is 0.417 e. The fraction of sp³-hybridized carbons (Fsp3) is 0.222.